The number of benzene rings is 1. The molecule has 156 valence electrons. The van der Waals surface area contributed by atoms with E-state index in [9.17, 15) is 13.2 Å². The highest BCUT2D eigenvalue weighted by molar-refractivity contribution is 7.89. The summed E-state index contributed by atoms with van der Waals surface area (Å²) in [5.74, 6) is 2.55. The first-order valence-electron chi connectivity index (χ1n) is 9.88. The Labute approximate surface area is 171 Å². The molecule has 0 spiro atoms. The van der Waals surface area contributed by atoms with E-state index < -0.39 is 10.0 Å². The van der Waals surface area contributed by atoms with Crippen LogP contribution in [-0.4, -0.2) is 56.9 Å². The van der Waals surface area contributed by atoms with Gasteiger partial charge in [0.1, 0.15) is 11.5 Å². The molecule has 1 aliphatic carbocycles. The number of rotatable bonds is 6. The van der Waals surface area contributed by atoms with Crippen LogP contribution in [0.1, 0.15) is 41.1 Å². The van der Waals surface area contributed by atoms with Crippen molar-refractivity contribution in [2.24, 2.45) is 5.92 Å². The number of carbonyl (C=O) groups excluding carboxylic acids is 1. The van der Waals surface area contributed by atoms with Crippen molar-refractivity contribution in [3.8, 4) is 0 Å². The van der Waals surface area contributed by atoms with Crippen LogP contribution in [-0.2, 0) is 21.3 Å². The molecule has 2 heterocycles. The van der Waals surface area contributed by atoms with Crippen LogP contribution in [0.4, 0.5) is 0 Å². The van der Waals surface area contributed by atoms with Crippen molar-refractivity contribution in [3.05, 3.63) is 53.5 Å². The van der Waals surface area contributed by atoms with Gasteiger partial charge in [0.15, 0.2) is 0 Å². The van der Waals surface area contributed by atoms with Gasteiger partial charge in [-0.2, -0.15) is 4.31 Å². The smallest absolute Gasteiger partial charge is 0.254 e. The van der Waals surface area contributed by atoms with Crippen molar-refractivity contribution >= 4 is 15.9 Å². The van der Waals surface area contributed by atoms with Crippen molar-refractivity contribution in [1.82, 2.24) is 9.21 Å². The summed E-state index contributed by atoms with van der Waals surface area (Å²) in [6.45, 7) is 4.49. The fraction of sp³-hybridized carbons (Fsp3) is 0.476. The van der Waals surface area contributed by atoms with Gasteiger partial charge in [0.25, 0.3) is 5.91 Å². The zero-order valence-electron chi connectivity index (χ0n) is 16.7. The monoisotopic (exact) mass is 418 g/mol. The van der Waals surface area contributed by atoms with E-state index in [0.717, 1.165) is 12.2 Å². The molecule has 0 N–H and O–H groups in total. The number of carbonyl (C=O) groups is 1. The Balaban J connectivity index is 1.43. The summed E-state index contributed by atoms with van der Waals surface area (Å²) in [5, 5.41) is 0. The van der Waals surface area contributed by atoms with E-state index in [1.165, 1.54) is 23.5 Å². The van der Waals surface area contributed by atoms with Crippen molar-refractivity contribution < 1.29 is 22.4 Å². The third-order valence-electron chi connectivity index (χ3n) is 5.64. The second-order valence-corrected chi connectivity index (χ2v) is 9.86. The number of furan rings is 1. The molecule has 1 aromatic heterocycles. The minimum absolute atomic E-state index is 0.108. The maximum atomic E-state index is 12.9. The quantitative estimate of drug-likeness (QED) is 0.721. The summed E-state index contributed by atoms with van der Waals surface area (Å²) in [6, 6.07) is 9.89. The van der Waals surface area contributed by atoms with Crippen LogP contribution in [0.5, 0.6) is 0 Å². The molecule has 2 aliphatic rings. The Kier molecular flexibility index (Phi) is 5.50. The van der Waals surface area contributed by atoms with Gasteiger partial charge in [-0.05, 0) is 48.7 Å². The van der Waals surface area contributed by atoms with E-state index in [1.54, 1.807) is 17.0 Å². The minimum Gasteiger partial charge on any atom is -0.464 e. The third-order valence-corrected chi connectivity index (χ3v) is 7.46. The van der Waals surface area contributed by atoms with Gasteiger partial charge >= 0.3 is 0 Å². The second-order valence-electron chi connectivity index (χ2n) is 7.81. The van der Waals surface area contributed by atoms with E-state index in [1.807, 2.05) is 12.1 Å². The molecule has 2 fully saturated rings. The van der Waals surface area contributed by atoms with E-state index in [2.05, 4.69) is 6.92 Å². The van der Waals surface area contributed by atoms with Gasteiger partial charge in [-0.1, -0.05) is 6.92 Å². The molecule has 0 unspecified atom stereocenters. The first kappa shape index (κ1) is 20.1. The molecule has 1 saturated heterocycles. The van der Waals surface area contributed by atoms with E-state index in [4.69, 9.17) is 9.15 Å². The standard InChI is InChI=1S/C21H26N2O5S/c1-15-13-19(15)20-8-5-17(28-20)14-22(2)29(25,26)18-6-3-16(4-7-18)21(24)23-9-11-27-12-10-23/h3-8,15,19H,9-14H2,1-2H3/t15-,19+/m1/s1. The Hall–Kier alpha value is -2.16. The highest BCUT2D eigenvalue weighted by Gasteiger charge is 2.36. The summed E-state index contributed by atoms with van der Waals surface area (Å²) < 4.78 is 38.2. The predicted octanol–water partition coefficient (Wildman–Crippen LogP) is 2.70. The summed E-state index contributed by atoms with van der Waals surface area (Å²) >= 11 is 0. The molecule has 4 rings (SSSR count). The average molecular weight is 419 g/mol. The van der Waals surface area contributed by atoms with E-state index in [0.29, 0.717) is 49.5 Å². The van der Waals surface area contributed by atoms with Gasteiger partial charge in [0, 0.05) is 31.6 Å². The van der Waals surface area contributed by atoms with Crippen LogP contribution in [0.15, 0.2) is 45.7 Å². The molecule has 0 radical (unpaired) electrons. The Bertz CT molecular complexity index is 977. The van der Waals surface area contributed by atoms with Crippen molar-refractivity contribution in [3.63, 3.8) is 0 Å². The zero-order chi connectivity index (χ0) is 20.6. The minimum atomic E-state index is -3.68. The van der Waals surface area contributed by atoms with Crippen LogP contribution in [0.25, 0.3) is 0 Å². The number of hydrogen-bond acceptors (Lipinski definition) is 5. The molecule has 2 aromatic rings. The SMILES string of the molecule is C[C@@H]1C[C@@H]1c1ccc(CN(C)S(=O)(=O)c2ccc(C(=O)N3CCOCC3)cc2)o1. The molecule has 1 amide bonds. The van der Waals surface area contributed by atoms with Crippen LogP contribution in [0.2, 0.25) is 0 Å². The molecule has 0 bridgehead atoms. The third kappa shape index (κ3) is 4.24. The van der Waals surface area contributed by atoms with Gasteiger partial charge in [-0.3, -0.25) is 4.79 Å². The van der Waals surface area contributed by atoms with Crippen LogP contribution < -0.4 is 0 Å². The lowest BCUT2D eigenvalue weighted by molar-refractivity contribution is 0.0303. The number of morpholine rings is 1. The van der Waals surface area contributed by atoms with Gasteiger partial charge < -0.3 is 14.1 Å². The summed E-state index contributed by atoms with van der Waals surface area (Å²) in [4.78, 5) is 14.4. The first-order valence-corrected chi connectivity index (χ1v) is 11.3. The molecule has 29 heavy (non-hydrogen) atoms. The molecule has 8 heteroatoms. The number of hydrogen-bond donors (Lipinski definition) is 0. The highest BCUT2D eigenvalue weighted by atomic mass is 32.2. The number of ether oxygens (including phenoxy) is 1. The normalized spacial score (nSPS) is 22.1. The van der Waals surface area contributed by atoms with Gasteiger partial charge in [-0.15, -0.1) is 0 Å². The average Bonchev–Trinajstić information content (AvgIpc) is 3.29. The molecular formula is C21H26N2O5S. The second kappa shape index (κ2) is 7.93. The maximum absolute atomic E-state index is 12.9. The van der Waals surface area contributed by atoms with Gasteiger partial charge in [0.2, 0.25) is 10.0 Å². The molecule has 2 atom stereocenters. The largest absolute Gasteiger partial charge is 0.464 e. The van der Waals surface area contributed by atoms with Crippen molar-refractivity contribution in [2.45, 2.75) is 30.7 Å². The molecule has 1 aromatic carbocycles. The Morgan fingerprint density at radius 2 is 1.79 bits per heavy atom. The first-order chi connectivity index (χ1) is 13.9. The summed E-state index contributed by atoms with van der Waals surface area (Å²) in [7, 11) is -2.15. The fourth-order valence-electron chi connectivity index (χ4n) is 3.60. The topological polar surface area (TPSA) is 80.1 Å². The lowest BCUT2D eigenvalue weighted by atomic mass is 10.2. The number of amides is 1. The van der Waals surface area contributed by atoms with E-state index >= 15 is 0 Å². The Morgan fingerprint density at radius 1 is 1.14 bits per heavy atom. The van der Waals surface area contributed by atoms with Crippen LogP contribution in [0, 0.1) is 5.92 Å². The summed E-state index contributed by atoms with van der Waals surface area (Å²) in [6.07, 6.45) is 1.12. The lowest BCUT2D eigenvalue weighted by Gasteiger charge is -2.27. The summed E-state index contributed by atoms with van der Waals surface area (Å²) in [5.41, 5.74) is 0.475. The highest BCUT2D eigenvalue weighted by Crippen LogP contribution is 2.47. The van der Waals surface area contributed by atoms with Gasteiger partial charge in [-0.25, -0.2) is 8.42 Å². The maximum Gasteiger partial charge on any atom is 0.254 e. The molecular weight excluding hydrogens is 392 g/mol. The molecule has 7 nitrogen and oxygen atoms in total. The Morgan fingerprint density at radius 3 is 2.41 bits per heavy atom. The molecule has 1 aliphatic heterocycles. The fourth-order valence-corrected chi connectivity index (χ4v) is 4.74. The van der Waals surface area contributed by atoms with Crippen molar-refractivity contribution in [1.29, 1.82) is 0 Å². The zero-order valence-corrected chi connectivity index (χ0v) is 17.5. The number of nitrogens with zero attached hydrogens (tertiary/aromatic N) is 2. The van der Waals surface area contributed by atoms with Crippen LogP contribution >= 0.6 is 0 Å². The van der Waals surface area contributed by atoms with Crippen molar-refractivity contribution in [2.75, 3.05) is 33.4 Å². The number of sulfonamides is 1. The van der Waals surface area contributed by atoms with Crippen LogP contribution in [0.3, 0.4) is 0 Å². The van der Waals surface area contributed by atoms with E-state index in [-0.39, 0.29) is 17.3 Å². The molecule has 1 saturated carbocycles. The van der Waals surface area contributed by atoms with Gasteiger partial charge in [0.05, 0.1) is 24.7 Å². The lowest BCUT2D eigenvalue weighted by Crippen LogP contribution is -2.40. The predicted molar refractivity (Wildman–Crippen MR) is 107 cm³/mol.